The Balaban J connectivity index is 1.46. The van der Waals surface area contributed by atoms with Crippen molar-refractivity contribution in [3.8, 4) is 5.75 Å². The second-order valence-electron chi connectivity index (χ2n) is 6.81. The van der Waals surface area contributed by atoms with Gasteiger partial charge >= 0.3 is 5.97 Å². The second-order valence-corrected chi connectivity index (χ2v) is 7.80. The van der Waals surface area contributed by atoms with Crippen molar-refractivity contribution in [3.05, 3.63) is 101 Å². The Bertz CT molecular complexity index is 1050. The van der Waals surface area contributed by atoms with E-state index in [9.17, 15) is 9.59 Å². The smallest absolute Gasteiger partial charge is 0.343 e. The number of methoxy groups -OCH3 is 1. The summed E-state index contributed by atoms with van der Waals surface area (Å²) < 4.78 is 9.88. The van der Waals surface area contributed by atoms with Gasteiger partial charge in [-0.3, -0.25) is 4.79 Å². The predicted molar refractivity (Wildman–Crippen MR) is 127 cm³/mol. The number of hydrogen-bond acceptors (Lipinski definition) is 6. The van der Waals surface area contributed by atoms with Crippen molar-refractivity contribution < 1.29 is 19.1 Å². The predicted octanol–water partition coefficient (Wildman–Crippen LogP) is 4.44. The zero-order chi connectivity index (χ0) is 22.6. The van der Waals surface area contributed by atoms with Gasteiger partial charge in [0.05, 0.1) is 13.3 Å². The topological polar surface area (TPSA) is 77.0 Å². The molecule has 0 spiro atoms. The van der Waals surface area contributed by atoms with E-state index in [0.29, 0.717) is 11.3 Å². The molecule has 3 aromatic rings. The van der Waals surface area contributed by atoms with Crippen LogP contribution in [0.1, 0.15) is 27.0 Å². The monoisotopic (exact) mass is 448 g/mol. The van der Waals surface area contributed by atoms with Crippen LogP contribution in [-0.4, -0.2) is 31.8 Å². The number of amides is 1. The quantitative estimate of drug-likeness (QED) is 0.282. The van der Waals surface area contributed by atoms with Crippen LogP contribution in [0, 0.1) is 0 Å². The number of carbonyl (C=O) groups excluding carboxylic acids is 2. The summed E-state index contributed by atoms with van der Waals surface area (Å²) in [6.07, 6.45) is 1.51. The van der Waals surface area contributed by atoms with Gasteiger partial charge in [0.25, 0.3) is 5.91 Å². The Kier molecular flexibility index (Phi) is 8.89. The molecular weight excluding hydrogens is 424 g/mol. The summed E-state index contributed by atoms with van der Waals surface area (Å²) in [6.45, 7) is -0.172. The maximum atomic E-state index is 12.3. The van der Waals surface area contributed by atoms with Gasteiger partial charge in [-0.25, -0.2) is 10.2 Å². The molecule has 3 rings (SSSR count). The normalized spacial score (nSPS) is 10.7. The number of hydrogen-bond donors (Lipinski definition) is 1. The molecule has 1 amide bonds. The average molecular weight is 449 g/mol. The van der Waals surface area contributed by atoms with Gasteiger partial charge in [0, 0.05) is 17.1 Å². The summed E-state index contributed by atoms with van der Waals surface area (Å²) >= 11 is 1.83. The lowest BCUT2D eigenvalue weighted by Gasteiger charge is -2.05. The maximum Gasteiger partial charge on any atom is 0.343 e. The number of carbonyl (C=O) groups is 2. The van der Waals surface area contributed by atoms with Crippen molar-refractivity contribution in [2.45, 2.75) is 11.5 Å². The molecule has 0 aliphatic heterocycles. The van der Waals surface area contributed by atoms with Gasteiger partial charge in [0.15, 0.2) is 6.61 Å². The van der Waals surface area contributed by atoms with Crippen molar-refractivity contribution in [2.75, 3.05) is 13.7 Å². The molecule has 0 aromatic heterocycles. The number of rotatable bonds is 10. The summed E-state index contributed by atoms with van der Waals surface area (Å²) in [7, 11) is 1.30. The first-order chi connectivity index (χ1) is 15.6. The number of hydrazone groups is 1. The van der Waals surface area contributed by atoms with Crippen LogP contribution in [0.5, 0.6) is 5.75 Å². The number of thioether (sulfide) groups is 1. The highest BCUT2D eigenvalue weighted by Crippen LogP contribution is 2.18. The van der Waals surface area contributed by atoms with Crippen LogP contribution >= 0.6 is 11.8 Å². The summed E-state index contributed by atoms with van der Waals surface area (Å²) in [5.41, 5.74) is 6.24. The molecule has 1 N–H and O–H groups in total. The van der Waals surface area contributed by atoms with E-state index in [0.717, 1.165) is 22.6 Å². The molecule has 0 aliphatic carbocycles. The zero-order valence-corrected chi connectivity index (χ0v) is 18.5. The Morgan fingerprint density at radius 3 is 2.38 bits per heavy atom. The number of ether oxygens (including phenoxy) is 2. The molecule has 32 heavy (non-hydrogen) atoms. The van der Waals surface area contributed by atoms with Gasteiger partial charge in [-0.1, -0.05) is 54.6 Å². The van der Waals surface area contributed by atoms with E-state index in [1.165, 1.54) is 18.9 Å². The van der Waals surface area contributed by atoms with Gasteiger partial charge in [0.2, 0.25) is 0 Å². The minimum absolute atomic E-state index is 0.172. The molecule has 0 bridgehead atoms. The maximum absolute atomic E-state index is 12.3. The molecule has 0 saturated carbocycles. The van der Waals surface area contributed by atoms with Crippen molar-refractivity contribution >= 4 is 29.9 Å². The van der Waals surface area contributed by atoms with Crippen LogP contribution in [0.25, 0.3) is 0 Å². The van der Waals surface area contributed by atoms with E-state index in [4.69, 9.17) is 4.74 Å². The number of nitrogens with zero attached hydrogens (tertiary/aromatic N) is 1. The fourth-order valence-electron chi connectivity index (χ4n) is 2.73. The minimum atomic E-state index is -0.461. The third kappa shape index (κ3) is 7.59. The molecular formula is C25H24N2O4S. The van der Waals surface area contributed by atoms with E-state index >= 15 is 0 Å². The van der Waals surface area contributed by atoms with Crippen molar-refractivity contribution in [2.24, 2.45) is 5.10 Å². The molecule has 0 heterocycles. The standard InChI is InChI=1S/C25H24N2O4S/c1-30-24(28)16-31-23-9-5-8-21(14-23)15-26-27-25(29)22-12-10-20(11-13-22)18-32-17-19-6-3-2-4-7-19/h2-15H,16-18H2,1H3,(H,27,29)/b26-15-. The van der Waals surface area contributed by atoms with Crippen LogP contribution in [0.15, 0.2) is 84.0 Å². The Labute approximate surface area is 191 Å². The lowest BCUT2D eigenvalue weighted by molar-refractivity contribution is -0.142. The van der Waals surface area contributed by atoms with Crippen LogP contribution in [-0.2, 0) is 21.0 Å². The highest BCUT2D eigenvalue weighted by atomic mass is 32.2. The zero-order valence-electron chi connectivity index (χ0n) is 17.7. The fraction of sp³-hybridized carbons (Fsp3) is 0.160. The number of benzene rings is 3. The van der Waals surface area contributed by atoms with E-state index in [2.05, 4.69) is 27.4 Å². The highest BCUT2D eigenvalue weighted by molar-refractivity contribution is 7.97. The first kappa shape index (κ1) is 23.1. The van der Waals surface area contributed by atoms with Crippen LogP contribution in [0.2, 0.25) is 0 Å². The van der Waals surface area contributed by atoms with E-state index < -0.39 is 5.97 Å². The summed E-state index contributed by atoms with van der Waals surface area (Å²) in [5, 5.41) is 4.00. The molecule has 164 valence electrons. The molecule has 0 unspecified atom stereocenters. The van der Waals surface area contributed by atoms with Gasteiger partial charge in [-0.15, -0.1) is 0 Å². The molecule has 3 aromatic carbocycles. The van der Waals surface area contributed by atoms with Crippen molar-refractivity contribution in [3.63, 3.8) is 0 Å². The Morgan fingerprint density at radius 1 is 0.938 bits per heavy atom. The summed E-state index contributed by atoms with van der Waals surface area (Å²) in [6, 6.07) is 24.8. The van der Waals surface area contributed by atoms with Crippen LogP contribution in [0.3, 0.4) is 0 Å². The first-order valence-electron chi connectivity index (χ1n) is 9.98. The largest absolute Gasteiger partial charge is 0.482 e. The van der Waals surface area contributed by atoms with E-state index in [1.54, 1.807) is 30.3 Å². The molecule has 6 nitrogen and oxygen atoms in total. The average Bonchev–Trinajstić information content (AvgIpc) is 2.84. The molecule has 7 heteroatoms. The fourth-order valence-corrected chi connectivity index (χ4v) is 3.69. The van der Waals surface area contributed by atoms with Gasteiger partial charge in [-0.05, 0) is 41.0 Å². The minimum Gasteiger partial charge on any atom is -0.482 e. The summed E-state index contributed by atoms with van der Waals surface area (Å²) in [5.74, 6) is 1.59. The lowest BCUT2D eigenvalue weighted by Crippen LogP contribution is -2.17. The Morgan fingerprint density at radius 2 is 1.66 bits per heavy atom. The number of nitrogens with one attached hydrogen (secondary N) is 1. The van der Waals surface area contributed by atoms with Crippen molar-refractivity contribution in [1.82, 2.24) is 5.43 Å². The SMILES string of the molecule is COC(=O)COc1cccc(/C=N\NC(=O)c2ccc(CSCc3ccccc3)cc2)c1. The van der Waals surface area contributed by atoms with Gasteiger partial charge in [-0.2, -0.15) is 16.9 Å². The first-order valence-corrected chi connectivity index (χ1v) is 11.1. The van der Waals surface area contributed by atoms with Crippen LogP contribution < -0.4 is 10.2 Å². The van der Waals surface area contributed by atoms with Gasteiger partial charge < -0.3 is 9.47 Å². The third-order valence-electron chi connectivity index (χ3n) is 4.42. The molecule has 0 aliphatic rings. The van der Waals surface area contributed by atoms with Crippen LogP contribution in [0.4, 0.5) is 0 Å². The molecule has 0 saturated heterocycles. The van der Waals surface area contributed by atoms with Crippen molar-refractivity contribution in [1.29, 1.82) is 0 Å². The molecule has 0 radical (unpaired) electrons. The third-order valence-corrected chi connectivity index (χ3v) is 5.49. The highest BCUT2D eigenvalue weighted by Gasteiger charge is 2.05. The molecule has 0 atom stereocenters. The number of esters is 1. The summed E-state index contributed by atoms with van der Waals surface area (Å²) in [4.78, 5) is 23.5. The van der Waals surface area contributed by atoms with Gasteiger partial charge in [0.1, 0.15) is 5.75 Å². The van der Waals surface area contributed by atoms with E-state index in [1.807, 2.05) is 48.2 Å². The lowest BCUT2D eigenvalue weighted by atomic mass is 10.1. The molecule has 0 fully saturated rings. The van der Waals surface area contributed by atoms with E-state index in [-0.39, 0.29) is 12.5 Å². The Hall–Kier alpha value is -3.58. The second kappa shape index (κ2) is 12.3.